The second-order valence-electron chi connectivity index (χ2n) is 8.63. The molecule has 1 saturated heterocycles. The number of carbonyl (C=O) groups excluding carboxylic acids is 1. The van der Waals surface area contributed by atoms with Crippen LogP contribution in [-0.4, -0.2) is 42.1 Å². The van der Waals surface area contributed by atoms with Crippen LogP contribution < -0.4 is 5.32 Å². The van der Waals surface area contributed by atoms with Gasteiger partial charge in [0.2, 0.25) is 0 Å². The summed E-state index contributed by atoms with van der Waals surface area (Å²) in [6.07, 6.45) is 1.91. The minimum atomic E-state index is -0.270. The van der Waals surface area contributed by atoms with Gasteiger partial charge in [-0.2, -0.15) is 0 Å². The zero-order chi connectivity index (χ0) is 23.5. The second-order valence-corrected chi connectivity index (χ2v) is 8.63. The van der Waals surface area contributed by atoms with Gasteiger partial charge in [0.25, 0.3) is 5.91 Å². The summed E-state index contributed by atoms with van der Waals surface area (Å²) >= 11 is 0. The Hall–Kier alpha value is -3.61. The number of halogens is 1. The number of anilines is 1. The lowest BCUT2D eigenvalue weighted by Gasteiger charge is -2.26. The minimum Gasteiger partial charge on any atom is -0.379 e. The molecule has 6 heteroatoms. The number of benzene rings is 3. The molecule has 1 aliphatic heterocycles. The average Bonchev–Trinajstić information content (AvgIpc) is 2.86. The van der Waals surface area contributed by atoms with Gasteiger partial charge in [0.05, 0.1) is 18.7 Å². The van der Waals surface area contributed by atoms with Crippen molar-refractivity contribution in [2.75, 3.05) is 31.6 Å². The summed E-state index contributed by atoms with van der Waals surface area (Å²) in [6.45, 7) is 6.27. The van der Waals surface area contributed by atoms with Crippen molar-refractivity contribution < 1.29 is 13.9 Å². The van der Waals surface area contributed by atoms with Crippen LogP contribution in [0.3, 0.4) is 0 Å². The van der Waals surface area contributed by atoms with Crippen LogP contribution in [0.1, 0.15) is 21.5 Å². The number of ether oxygens (including phenoxy) is 1. The van der Waals surface area contributed by atoms with Gasteiger partial charge in [-0.3, -0.25) is 14.7 Å². The van der Waals surface area contributed by atoms with E-state index in [-0.39, 0.29) is 11.7 Å². The number of hydrogen-bond acceptors (Lipinski definition) is 4. The first-order valence-corrected chi connectivity index (χ1v) is 11.4. The molecule has 5 nitrogen and oxygen atoms in total. The van der Waals surface area contributed by atoms with E-state index in [1.807, 2.05) is 31.3 Å². The molecule has 34 heavy (non-hydrogen) atoms. The van der Waals surface area contributed by atoms with E-state index in [1.54, 1.807) is 24.3 Å². The number of morpholine rings is 1. The van der Waals surface area contributed by atoms with E-state index in [1.165, 1.54) is 17.7 Å². The molecule has 1 fully saturated rings. The smallest absolute Gasteiger partial charge is 0.255 e. The van der Waals surface area contributed by atoms with Crippen molar-refractivity contribution in [3.8, 4) is 11.1 Å². The first-order chi connectivity index (χ1) is 16.5. The highest BCUT2D eigenvalue weighted by Crippen LogP contribution is 2.25. The van der Waals surface area contributed by atoms with Gasteiger partial charge >= 0.3 is 0 Å². The summed E-state index contributed by atoms with van der Waals surface area (Å²) in [5.41, 5.74) is 6.13. The molecule has 2 heterocycles. The first kappa shape index (κ1) is 22.2. The molecule has 1 aromatic heterocycles. The van der Waals surface area contributed by atoms with Crippen molar-refractivity contribution in [3.05, 3.63) is 95.4 Å². The molecule has 0 bridgehead atoms. The number of nitrogens with zero attached hydrogens (tertiary/aromatic N) is 2. The van der Waals surface area contributed by atoms with Gasteiger partial charge < -0.3 is 10.1 Å². The lowest BCUT2D eigenvalue weighted by atomic mass is 10.0. The zero-order valence-corrected chi connectivity index (χ0v) is 19.1. The van der Waals surface area contributed by atoms with Crippen molar-refractivity contribution in [2.24, 2.45) is 0 Å². The van der Waals surface area contributed by atoms with Gasteiger partial charge in [-0.05, 0) is 71.6 Å². The molecule has 172 valence electrons. The summed E-state index contributed by atoms with van der Waals surface area (Å²) < 4.78 is 18.6. The monoisotopic (exact) mass is 455 g/mol. The minimum absolute atomic E-state index is 0.183. The fourth-order valence-electron chi connectivity index (χ4n) is 4.23. The third-order valence-electron chi connectivity index (χ3n) is 6.17. The van der Waals surface area contributed by atoms with Gasteiger partial charge in [-0.15, -0.1) is 0 Å². The van der Waals surface area contributed by atoms with E-state index >= 15 is 0 Å². The normalized spacial score (nSPS) is 14.3. The quantitative estimate of drug-likeness (QED) is 0.436. The summed E-state index contributed by atoms with van der Waals surface area (Å²) in [5, 5.41) is 4.08. The number of amides is 1. The molecule has 1 aliphatic rings. The number of nitrogens with one attached hydrogen (secondary N) is 1. The molecule has 0 atom stereocenters. The standard InChI is InChI=1S/C28H26FN3O2/c1-19-14-24-15-20(18-32-10-12-34-13-11-32)17-30-27(24)16-26(19)31-28(33)23-4-2-21(3-5-23)22-6-8-25(29)9-7-22/h2-9,14-17H,10-13,18H2,1H3,(H,31,33). The predicted molar refractivity (Wildman–Crippen MR) is 132 cm³/mol. The van der Waals surface area contributed by atoms with E-state index in [9.17, 15) is 9.18 Å². The van der Waals surface area contributed by atoms with Gasteiger partial charge in [-0.1, -0.05) is 24.3 Å². The largest absolute Gasteiger partial charge is 0.379 e. The van der Waals surface area contributed by atoms with Crippen molar-refractivity contribution in [1.82, 2.24) is 9.88 Å². The van der Waals surface area contributed by atoms with Crippen LogP contribution in [0.4, 0.5) is 10.1 Å². The van der Waals surface area contributed by atoms with Crippen molar-refractivity contribution >= 4 is 22.5 Å². The van der Waals surface area contributed by atoms with Crippen LogP contribution in [0.15, 0.2) is 72.9 Å². The van der Waals surface area contributed by atoms with Gasteiger partial charge in [0.1, 0.15) is 5.82 Å². The molecule has 0 radical (unpaired) electrons. The Morgan fingerprint density at radius 1 is 1.00 bits per heavy atom. The maximum absolute atomic E-state index is 13.2. The first-order valence-electron chi connectivity index (χ1n) is 11.4. The van der Waals surface area contributed by atoms with Crippen LogP contribution in [0.5, 0.6) is 0 Å². The molecule has 1 N–H and O–H groups in total. The number of aryl methyl sites for hydroxylation is 1. The van der Waals surface area contributed by atoms with Gasteiger partial charge in [-0.25, -0.2) is 4.39 Å². The zero-order valence-electron chi connectivity index (χ0n) is 19.1. The Morgan fingerprint density at radius 3 is 2.38 bits per heavy atom. The van der Waals surface area contributed by atoms with Crippen LogP contribution in [0.25, 0.3) is 22.0 Å². The third kappa shape index (κ3) is 4.98. The Labute approximate surface area is 198 Å². The number of hydrogen-bond donors (Lipinski definition) is 1. The molecule has 0 saturated carbocycles. The highest BCUT2D eigenvalue weighted by Gasteiger charge is 2.13. The number of rotatable bonds is 5. The van der Waals surface area contributed by atoms with Gasteiger partial charge in [0.15, 0.2) is 0 Å². The summed E-state index contributed by atoms with van der Waals surface area (Å²) in [4.78, 5) is 19.9. The van der Waals surface area contributed by atoms with E-state index in [0.29, 0.717) is 5.56 Å². The van der Waals surface area contributed by atoms with Crippen molar-refractivity contribution in [2.45, 2.75) is 13.5 Å². The number of fused-ring (bicyclic) bond motifs is 1. The predicted octanol–water partition coefficient (Wildman–Crippen LogP) is 5.43. The summed E-state index contributed by atoms with van der Waals surface area (Å²) in [6, 6.07) is 19.8. The molecule has 0 aliphatic carbocycles. The molecule has 5 rings (SSSR count). The molecular formula is C28H26FN3O2. The fourth-order valence-corrected chi connectivity index (χ4v) is 4.23. The van der Waals surface area contributed by atoms with Gasteiger partial charge in [0, 0.05) is 42.5 Å². The maximum atomic E-state index is 13.2. The molecule has 4 aromatic rings. The number of carbonyl (C=O) groups is 1. The van der Waals surface area contributed by atoms with Crippen LogP contribution in [-0.2, 0) is 11.3 Å². The molecule has 0 unspecified atom stereocenters. The second kappa shape index (κ2) is 9.71. The van der Waals surface area contributed by atoms with E-state index in [2.05, 4.69) is 27.3 Å². The highest BCUT2D eigenvalue weighted by atomic mass is 19.1. The lowest BCUT2D eigenvalue weighted by molar-refractivity contribution is 0.0341. The van der Waals surface area contributed by atoms with E-state index < -0.39 is 0 Å². The van der Waals surface area contributed by atoms with E-state index in [4.69, 9.17) is 4.74 Å². The Bertz CT molecular complexity index is 1310. The van der Waals surface area contributed by atoms with Crippen molar-refractivity contribution in [3.63, 3.8) is 0 Å². The third-order valence-corrected chi connectivity index (χ3v) is 6.17. The van der Waals surface area contributed by atoms with Crippen molar-refractivity contribution in [1.29, 1.82) is 0 Å². The highest BCUT2D eigenvalue weighted by molar-refractivity contribution is 6.05. The topological polar surface area (TPSA) is 54.5 Å². The summed E-state index contributed by atoms with van der Waals surface area (Å²) in [7, 11) is 0. The fraction of sp³-hybridized carbons (Fsp3) is 0.214. The Kier molecular flexibility index (Phi) is 6.34. The lowest BCUT2D eigenvalue weighted by Crippen LogP contribution is -2.35. The Balaban J connectivity index is 1.30. The molecular weight excluding hydrogens is 429 g/mol. The number of aromatic nitrogens is 1. The molecule has 3 aromatic carbocycles. The van der Waals surface area contributed by atoms with Crippen LogP contribution >= 0.6 is 0 Å². The molecule has 1 amide bonds. The molecule has 0 spiro atoms. The summed E-state index contributed by atoms with van der Waals surface area (Å²) in [5.74, 6) is -0.453. The SMILES string of the molecule is Cc1cc2cc(CN3CCOCC3)cnc2cc1NC(=O)c1ccc(-c2ccc(F)cc2)cc1. The van der Waals surface area contributed by atoms with Crippen LogP contribution in [0.2, 0.25) is 0 Å². The van der Waals surface area contributed by atoms with E-state index in [0.717, 1.165) is 66.1 Å². The maximum Gasteiger partial charge on any atom is 0.255 e. The Morgan fingerprint density at radius 2 is 1.68 bits per heavy atom. The average molecular weight is 456 g/mol. The number of pyridine rings is 1. The van der Waals surface area contributed by atoms with Crippen LogP contribution in [0, 0.1) is 12.7 Å².